The SMILES string of the molecule is Cc1cc(N)n[nH]1.Cc1cc2n(n1)C(=O)CC(=O)N2. The van der Waals surface area contributed by atoms with Crippen molar-refractivity contribution in [3.8, 4) is 0 Å². The van der Waals surface area contributed by atoms with Gasteiger partial charge in [0.2, 0.25) is 5.91 Å². The number of H-pyrrole nitrogens is 1. The Morgan fingerprint density at radius 2 is 2.05 bits per heavy atom. The summed E-state index contributed by atoms with van der Waals surface area (Å²) in [6.45, 7) is 3.67. The zero-order valence-electron chi connectivity index (χ0n) is 10.6. The second-order valence-electron chi connectivity index (χ2n) is 4.18. The topological polar surface area (TPSA) is 119 Å². The van der Waals surface area contributed by atoms with Crippen molar-refractivity contribution in [2.45, 2.75) is 20.3 Å². The van der Waals surface area contributed by atoms with Crippen molar-refractivity contribution in [3.63, 3.8) is 0 Å². The molecule has 3 rings (SSSR count). The predicted octanol–water partition coefficient (Wildman–Crippen LogP) is 0.474. The second-order valence-corrected chi connectivity index (χ2v) is 4.18. The number of hydrogen-bond donors (Lipinski definition) is 3. The molecule has 0 radical (unpaired) electrons. The van der Waals surface area contributed by atoms with Crippen LogP contribution in [0.25, 0.3) is 0 Å². The van der Waals surface area contributed by atoms with Gasteiger partial charge in [-0.1, -0.05) is 0 Å². The third kappa shape index (κ3) is 2.97. The highest BCUT2D eigenvalue weighted by atomic mass is 16.2. The number of nitrogen functional groups attached to an aromatic ring is 1. The number of anilines is 2. The van der Waals surface area contributed by atoms with Crippen LogP contribution in [0.4, 0.5) is 11.6 Å². The molecule has 100 valence electrons. The molecule has 4 N–H and O–H groups in total. The van der Waals surface area contributed by atoms with E-state index in [-0.39, 0.29) is 18.2 Å². The van der Waals surface area contributed by atoms with Crippen molar-refractivity contribution in [1.29, 1.82) is 0 Å². The van der Waals surface area contributed by atoms with E-state index in [1.807, 2.05) is 6.92 Å². The molecular formula is C11H14N6O2. The summed E-state index contributed by atoms with van der Waals surface area (Å²) < 4.78 is 1.22. The molecule has 0 aliphatic carbocycles. The number of carbonyl (C=O) groups is 2. The minimum Gasteiger partial charge on any atom is -0.382 e. The fraction of sp³-hybridized carbons (Fsp3) is 0.273. The first-order valence-corrected chi connectivity index (χ1v) is 5.63. The Hall–Kier alpha value is -2.64. The van der Waals surface area contributed by atoms with E-state index in [9.17, 15) is 9.59 Å². The number of nitrogens with two attached hydrogens (primary N) is 1. The molecular weight excluding hydrogens is 248 g/mol. The van der Waals surface area contributed by atoms with Gasteiger partial charge >= 0.3 is 0 Å². The number of amides is 1. The van der Waals surface area contributed by atoms with Gasteiger partial charge in [0, 0.05) is 17.8 Å². The van der Waals surface area contributed by atoms with E-state index in [4.69, 9.17) is 5.73 Å². The van der Waals surface area contributed by atoms with Crippen molar-refractivity contribution in [1.82, 2.24) is 20.0 Å². The lowest BCUT2D eigenvalue weighted by atomic mass is 10.3. The Bertz CT molecular complexity index is 610. The van der Waals surface area contributed by atoms with Crippen molar-refractivity contribution in [2.75, 3.05) is 11.1 Å². The van der Waals surface area contributed by atoms with Gasteiger partial charge < -0.3 is 11.1 Å². The highest BCUT2D eigenvalue weighted by Crippen LogP contribution is 2.15. The van der Waals surface area contributed by atoms with E-state index >= 15 is 0 Å². The van der Waals surface area contributed by atoms with Gasteiger partial charge in [-0.25, -0.2) is 0 Å². The van der Waals surface area contributed by atoms with Gasteiger partial charge in [-0.15, -0.1) is 0 Å². The van der Waals surface area contributed by atoms with Crippen molar-refractivity contribution in [3.05, 3.63) is 23.5 Å². The molecule has 8 nitrogen and oxygen atoms in total. The fourth-order valence-electron chi connectivity index (χ4n) is 1.62. The first kappa shape index (κ1) is 12.8. The maximum atomic E-state index is 11.1. The van der Waals surface area contributed by atoms with Gasteiger partial charge in [-0.3, -0.25) is 14.7 Å². The predicted molar refractivity (Wildman–Crippen MR) is 68.6 cm³/mol. The molecule has 2 aromatic heterocycles. The Morgan fingerprint density at radius 1 is 1.32 bits per heavy atom. The molecule has 0 saturated carbocycles. The van der Waals surface area contributed by atoms with Gasteiger partial charge in [0.1, 0.15) is 18.1 Å². The summed E-state index contributed by atoms with van der Waals surface area (Å²) in [4.78, 5) is 22.0. The molecule has 19 heavy (non-hydrogen) atoms. The van der Waals surface area contributed by atoms with Gasteiger partial charge in [-0.05, 0) is 13.8 Å². The Balaban J connectivity index is 0.000000163. The largest absolute Gasteiger partial charge is 0.382 e. The normalized spacial score (nSPS) is 13.4. The molecule has 0 atom stereocenters. The van der Waals surface area contributed by atoms with Crippen LogP contribution >= 0.6 is 0 Å². The number of nitrogens with one attached hydrogen (secondary N) is 2. The van der Waals surface area contributed by atoms with Gasteiger partial charge in [0.15, 0.2) is 0 Å². The summed E-state index contributed by atoms with van der Waals surface area (Å²) in [6, 6.07) is 3.44. The van der Waals surface area contributed by atoms with Crippen LogP contribution in [0.3, 0.4) is 0 Å². The van der Waals surface area contributed by atoms with Crippen LogP contribution in [-0.4, -0.2) is 31.8 Å². The number of hydrogen-bond acceptors (Lipinski definition) is 5. The molecule has 0 aromatic carbocycles. The van der Waals surface area contributed by atoms with Crippen molar-refractivity contribution >= 4 is 23.5 Å². The fourth-order valence-corrected chi connectivity index (χ4v) is 1.62. The number of nitrogens with zero attached hydrogens (tertiary/aromatic N) is 3. The Labute approximate surface area is 109 Å². The molecule has 8 heteroatoms. The summed E-state index contributed by atoms with van der Waals surface area (Å²) in [6.07, 6.45) is -0.117. The standard InChI is InChI=1S/C7H7N3O2.C4H7N3/c1-4-2-5-8-6(11)3-7(12)10(5)9-4;1-3-2-4(5)7-6-3/h2H,3H2,1H3,(H,8,11);2H,1H3,(H3,5,6,7). The van der Waals surface area contributed by atoms with Crippen LogP contribution in [0.2, 0.25) is 0 Å². The summed E-state index contributed by atoms with van der Waals surface area (Å²) in [5.41, 5.74) is 6.96. The van der Waals surface area contributed by atoms with E-state index in [1.54, 1.807) is 19.1 Å². The van der Waals surface area contributed by atoms with Crippen LogP contribution < -0.4 is 11.1 Å². The number of aryl methyl sites for hydroxylation is 2. The minimum absolute atomic E-state index is 0.117. The van der Waals surface area contributed by atoms with E-state index < -0.39 is 0 Å². The number of aromatic nitrogens is 4. The lowest BCUT2D eigenvalue weighted by molar-refractivity contribution is -0.115. The number of fused-ring (bicyclic) bond motifs is 1. The van der Waals surface area contributed by atoms with Crippen LogP contribution in [-0.2, 0) is 4.79 Å². The molecule has 1 aliphatic heterocycles. The number of aromatic amines is 1. The zero-order valence-corrected chi connectivity index (χ0v) is 10.6. The van der Waals surface area contributed by atoms with E-state index in [0.29, 0.717) is 11.6 Å². The first-order chi connectivity index (χ1) is 8.95. The molecule has 0 spiro atoms. The van der Waals surface area contributed by atoms with E-state index in [1.165, 1.54) is 4.68 Å². The molecule has 0 fully saturated rings. The number of rotatable bonds is 0. The zero-order chi connectivity index (χ0) is 14.0. The van der Waals surface area contributed by atoms with E-state index in [0.717, 1.165) is 11.4 Å². The van der Waals surface area contributed by atoms with Crippen molar-refractivity contribution < 1.29 is 9.59 Å². The maximum Gasteiger partial charge on any atom is 0.258 e. The van der Waals surface area contributed by atoms with Crippen molar-refractivity contribution in [2.24, 2.45) is 0 Å². The van der Waals surface area contributed by atoms with Crippen LogP contribution in [0.1, 0.15) is 22.6 Å². The van der Waals surface area contributed by atoms with E-state index in [2.05, 4.69) is 20.6 Å². The Kier molecular flexibility index (Phi) is 3.32. The molecule has 0 bridgehead atoms. The van der Waals surface area contributed by atoms with Gasteiger partial charge in [0.25, 0.3) is 5.91 Å². The monoisotopic (exact) mass is 262 g/mol. The molecule has 1 aliphatic rings. The quantitative estimate of drug-likeness (QED) is 0.596. The van der Waals surface area contributed by atoms with Crippen LogP contribution in [0.15, 0.2) is 12.1 Å². The van der Waals surface area contributed by atoms with Gasteiger partial charge in [-0.2, -0.15) is 14.9 Å². The van der Waals surface area contributed by atoms with Crippen LogP contribution in [0.5, 0.6) is 0 Å². The molecule has 2 aromatic rings. The summed E-state index contributed by atoms with van der Waals surface area (Å²) in [5.74, 6) is 0.473. The minimum atomic E-state index is -0.276. The highest BCUT2D eigenvalue weighted by molar-refractivity contribution is 6.08. The van der Waals surface area contributed by atoms with Crippen LogP contribution in [0, 0.1) is 13.8 Å². The summed E-state index contributed by atoms with van der Waals surface area (Å²) >= 11 is 0. The third-order valence-corrected chi connectivity index (χ3v) is 2.37. The Morgan fingerprint density at radius 3 is 2.58 bits per heavy atom. The second kappa shape index (κ2) is 4.92. The first-order valence-electron chi connectivity index (χ1n) is 5.63. The highest BCUT2D eigenvalue weighted by Gasteiger charge is 2.22. The molecule has 3 heterocycles. The third-order valence-electron chi connectivity index (χ3n) is 2.37. The van der Waals surface area contributed by atoms with Gasteiger partial charge in [0.05, 0.1) is 5.69 Å². The summed E-state index contributed by atoms with van der Waals surface area (Å²) in [5, 5.41) is 12.8. The average molecular weight is 262 g/mol. The molecule has 0 unspecified atom stereocenters. The maximum absolute atomic E-state index is 11.1. The number of carbonyl (C=O) groups excluding carboxylic acids is 2. The summed E-state index contributed by atoms with van der Waals surface area (Å²) in [7, 11) is 0. The lowest BCUT2D eigenvalue weighted by Gasteiger charge is -2.11. The molecule has 0 saturated heterocycles. The lowest BCUT2D eigenvalue weighted by Crippen LogP contribution is -2.29. The smallest absolute Gasteiger partial charge is 0.258 e. The molecule has 1 amide bonds. The average Bonchev–Trinajstić information content (AvgIpc) is 2.85.